The standard InChI is InChI=1S/C17H12F3N3OS/c18-17(19,20)13-3-1-2-4-14(13)23-15(24)11(8-21)7-12-9-25-16(22-12)10-5-6-10/h1-4,7,9-10H,5-6H2,(H,23,24). The van der Waals surface area contributed by atoms with Crippen LogP contribution in [0.25, 0.3) is 6.08 Å². The summed E-state index contributed by atoms with van der Waals surface area (Å²) in [4.78, 5) is 16.5. The van der Waals surface area contributed by atoms with E-state index in [-0.39, 0.29) is 5.57 Å². The van der Waals surface area contributed by atoms with Crippen LogP contribution in [0.5, 0.6) is 0 Å². The lowest BCUT2D eigenvalue weighted by atomic mass is 10.1. The van der Waals surface area contributed by atoms with Crippen molar-refractivity contribution in [1.82, 2.24) is 4.98 Å². The third kappa shape index (κ3) is 4.06. The maximum atomic E-state index is 13.0. The molecule has 0 unspecified atom stereocenters. The van der Waals surface area contributed by atoms with E-state index in [0.717, 1.165) is 30.0 Å². The van der Waals surface area contributed by atoms with Crippen LogP contribution in [-0.4, -0.2) is 10.9 Å². The molecule has 0 aliphatic heterocycles. The minimum Gasteiger partial charge on any atom is -0.321 e. The van der Waals surface area contributed by atoms with Crippen molar-refractivity contribution in [2.75, 3.05) is 5.32 Å². The second-order valence-electron chi connectivity index (χ2n) is 5.55. The second-order valence-corrected chi connectivity index (χ2v) is 6.44. The van der Waals surface area contributed by atoms with Gasteiger partial charge in [0.15, 0.2) is 0 Å². The van der Waals surface area contributed by atoms with Crippen LogP contribution in [0.3, 0.4) is 0 Å². The number of thiazole rings is 1. The van der Waals surface area contributed by atoms with Crippen LogP contribution in [0.4, 0.5) is 18.9 Å². The molecule has 4 nitrogen and oxygen atoms in total. The summed E-state index contributed by atoms with van der Waals surface area (Å²) in [7, 11) is 0. The molecule has 0 bridgehead atoms. The van der Waals surface area contributed by atoms with E-state index in [1.807, 2.05) is 0 Å². The van der Waals surface area contributed by atoms with Gasteiger partial charge in [-0.25, -0.2) is 4.98 Å². The summed E-state index contributed by atoms with van der Waals surface area (Å²) in [5, 5.41) is 14.0. The van der Waals surface area contributed by atoms with Gasteiger partial charge in [-0.3, -0.25) is 4.79 Å². The number of anilines is 1. The Morgan fingerprint density at radius 2 is 2.08 bits per heavy atom. The van der Waals surface area contributed by atoms with Gasteiger partial charge in [-0.15, -0.1) is 11.3 Å². The Hall–Kier alpha value is -2.66. The first kappa shape index (κ1) is 17.2. The number of nitrogens with one attached hydrogen (secondary N) is 1. The van der Waals surface area contributed by atoms with Gasteiger partial charge in [-0.1, -0.05) is 12.1 Å². The molecule has 25 heavy (non-hydrogen) atoms. The number of hydrogen-bond acceptors (Lipinski definition) is 4. The third-order valence-electron chi connectivity index (χ3n) is 3.60. The minimum absolute atomic E-state index is 0.301. The van der Waals surface area contributed by atoms with Crippen molar-refractivity contribution in [3.63, 3.8) is 0 Å². The largest absolute Gasteiger partial charge is 0.418 e. The summed E-state index contributed by atoms with van der Waals surface area (Å²) in [6.07, 6.45) is -1.16. The van der Waals surface area contributed by atoms with Crippen molar-refractivity contribution in [2.45, 2.75) is 24.9 Å². The molecule has 1 fully saturated rings. The first-order chi connectivity index (χ1) is 11.9. The van der Waals surface area contributed by atoms with Gasteiger partial charge in [0.05, 0.1) is 22.0 Å². The number of carbonyl (C=O) groups is 1. The highest BCUT2D eigenvalue weighted by atomic mass is 32.1. The summed E-state index contributed by atoms with van der Waals surface area (Å²) in [6, 6.07) is 6.34. The molecule has 0 radical (unpaired) electrons. The van der Waals surface area contributed by atoms with Crippen molar-refractivity contribution < 1.29 is 18.0 Å². The average Bonchev–Trinajstić information content (AvgIpc) is 3.31. The van der Waals surface area contributed by atoms with E-state index in [1.165, 1.54) is 29.5 Å². The van der Waals surface area contributed by atoms with Gasteiger partial charge in [0, 0.05) is 11.3 Å². The first-order valence-electron chi connectivity index (χ1n) is 7.43. The van der Waals surface area contributed by atoms with Crippen LogP contribution < -0.4 is 5.32 Å². The molecule has 1 aromatic heterocycles. The summed E-state index contributed by atoms with van der Waals surface area (Å²) in [5.41, 5.74) is -1.20. The van der Waals surface area contributed by atoms with Crippen molar-refractivity contribution >= 4 is 29.0 Å². The van der Waals surface area contributed by atoms with Gasteiger partial charge >= 0.3 is 6.18 Å². The molecular weight excluding hydrogens is 351 g/mol. The number of aromatic nitrogens is 1. The van der Waals surface area contributed by atoms with E-state index in [9.17, 15) is 18.0 Å². The Kier molecular flexibility index (Phi) is 4.59. The molecule has 1 N–H and O–H groups in total. The molecule has 128 valence electrons. The van der Waals surface area contributed by atoms with Crippen molar-refractivity contribution in [1.29, 1.82) is 5.26 Å². The maximum absolute atomic E-state index is 13.0. The zero-order chi connectivity index (χ0) is 18.0. The Labute approximate surface area is 145 Å². The Bertz CT molecular complexity index is 876. The predicted molar refractivity (Wildman–Crippen MR) is 87.8 cm³/mol. The van der Waals surface area contributed by atoms with E-state index >= 15 is 0 Å². The van der Waals surface area contributed by atoms with Crippen LogP contribution in [-0.2, 0) is 11.0 Å². The van der Waals surface area contributed by atoms with E-state index < -0.39 is 23.3 Å². The Balaban J connectivity index is 1.81. The van der Waals surface area contributed by atoms with Crippen LogP contribution >= 0.6 is 11.3 Å². The molecule has 0 saturated heterocycles. The highest BCUT2D eigenvalue weighted by Crippen LogP contribution is 2.41. The third-order valence-corrected chi connectivity index (χ3v) is 4.63. The fourth-order valence-corrected chi connectivity index (χ4v) is 3.16. The summed E-state index contributed by atoms with van der Waals surface area (Å²) < 4.78 is 38.9. The van der Waals surface area contributed by atoms with Crippen LogP contribution in [0, 0.1) is 11.3 Å². The number of rotatable bonds is 4. The molecule has 1 amide bonds. The number of amides is 1. The number of alkyl halides is 3. The molecule has 2 aromatic rings. The molecule has 1 aliphatic rings. The van der Waals surface area contributed by atoms with Gasteiger partial charge in [0.1, 0.15) is 11.6 Å². The summed E-state index contributed by atoms with van der Waals surface area (Å²) in [6.45, 7) is 0. The molecule has 1 aromatic carbocycles. The topological polar surface area (TPSA) is 65.8 Å². The monoisotopic (exact) mass is 363 g/mol. The number of para-hydroxylation sites is 1. The molecule has 1 saturated carbocycles. The van der Waals surface area contributed by atoms with E-state index in [0.29, 0.717) is 11.6 Å². The van der Waals surface area contributed by atoms with E-state index in [1.54, 1.807) is 11.4 Å². The molecule has 1 aliphatic carbocycles. The Morgan fingerprint density at radius 1 is 1.36 bits per heavy atom. The first-order valence-corrected chi connectivity index (χ1v) is 8.31. The van der Waals surface area contributed by atoms with Crippen LogP contribution in [0.15, 0.2) is 35.2 Å². The lowest BCUT2D eigenvalue weighted by Gasteiger charge is -2.13. The fraction of sp³-hybridized carbons (Fsp3) is 0.235. The summed E-state index contributed by atoms with van der Waals surface area (Å²) >= 11 is 1.45. The van der Waals surface area contributed by atoms with E-state index in [4.69, 9.17) is 5.26 Å². The van der Waals surface area contributed by atoms with Crippen LogP contribution in [0.2, 0.25) is 0 Å². The average molecular weight is 363 g/mol. The number of carbonyl (C=O) groups excluding carboxylic acids is 1. The molecule has 8 heteroatoms. The lowest BCUT2D eigenvalue weighted by molar-refractivity contribution is -0.137. The molecule has 3 rings (SSSR count). The molecule has 0 spiro atoms. The van der Waals surface area contributed by atoms with Crippen LogP contribution in [0.1, 0.15) is 35.0 Å². The van der Waals surface area contributed by atoms with E-state index in [2.05, 4.69) is 10.3 Å². The quantitative estimate of drug-likeness (QED) is 0.638. The maximum Gasteiger partial charge on any atom is 0.418 e. The zero-order valence-corrected chi connectivity index (χ0v) is 13.6. The minimum atomic E-state index is -4.60. The molecule has 0 atom stereocenters. The molecule has 1 heterocycles. The predicted octanol–water partition coefficient (Wildman–Crippen LogP) is 4.58. The number of hydrogen-bond donors (Lipinski definition) is 1. The van der Waals surface area contributed by atoms with Gasteiger partial charge < -0.3 is 5.32 Å². The van der Waals surface area contributed by atoms with Gasteiger partial charge in [0.25, 0.3) is 5.91 Å². The lowest BCUT2D eigenvalue weighted by Crippen LogP contribution is -2.17. The fourth-order valence-electron chi connectivity index (χ4n) is 2.21. The summed E-state index contributed by atoms with van der Waals surface area (Å²) in [5.74, 6) is -0.453. The van der Waals surface area contributed by atoms with Crippen molar-refractivity contribution in [2.24, 2.45) is 0 Å². The number of benzene rings is 1. The number of halogens is 3. The second kappa shape index (κ2) is 6.69. The molecular formula is C17H12F3N3OS. The van der Waals surface area contributed by atoms with Crippen molar-refractivity contribution in [3.8, 4) is 6.07 Å². The van der Waals surface area contributed by atoms with Gasteiger partial charge in [-0.2, -0.15) is 18.4 Å². The highest BCUT2D eigenvalue weighted by molar-refractivity contribution is 7.09. The zero-order valence-electron chi connectivity index (χ0n) is 12.8. The van der Waals surface area contributed by atoms with Gasteiger partial charge in [0.2, 0.25) is 0 Å². The van der Waals surface area contributed by atoms with Gasteiger partial charge in [-0.05, 0) is 31.1 Å². The number of nitrogens with zero attached hydrogens (tertiary/aromatic N) is 2. The number of nitriles is 1. The SMILES string of the molecule is N#CC(=Cc1csc(C2CC2)n1)C(=O)Nc1ccccc1C(F)(F)F. The Morgan fingerprint density at radius 3 is 2.72 bits per heavy atom. The van der Waals surface area contributed by atoms with Crippen molar-refractivity contribution in [3.05, 3.63) is 51.5 Å². The highest BCUT2D eigenvalue weighted by Gasteiger charge is 2.33. The smallest absolute Gasteiger partial charge is 0.321 e. The normalized spacial score (nSPS) is 14.9.